The van der Waals surface area contributed by atoms with Gasteiger partial charge in [-0.15, -0.1) is 0 Å². The molecular formula is C4H8O4. The Hall–Kier alpha value is -0.450. The van der Waals surface area contributed by atoms with E-state index in [1.807, 2.05) is 0 Å². The van der Waals surface area contributed by atoms with Crippen molar-refractivity contribution in [3.05, 3.63) is 0 Å². The molecule has 0 aliphatic rings. The highest BCUT2D eigenvalue weighted by molar-refractivity contribution is 5.53. The predicted molar refractivity (Wildman–Crippen MR) is 25.1 cm³/mol. The number of ether oxygens (including phenoxy) is 1. The number of carbonyl (C=O) groups is 1. The van der Waals surface area contributed by atoms with Crippen LogP contribution in [0.2, 0.25) is 0 Å². The van der Waals surface area contributed by atoms with Gasteiger partial charge in [0.1, 0.15) is 0 Å². The number of hydrogen-bond donors (Lipinski definition) is 2. The maximum atomic E-state index is 9.55. The molecule has 48 valence electrons. The van der Waals surface area contributed by atoms with Gasteiger partial charge in [-0.05, 0) is 0 Å². The maximum absolute atomic E-state index is 9.55. The van der Waals surface area contributed by atoms with Crippen molar-refractivity contribution in [3.8, 4) is 0 Å². The van der Waals surface area contributed by atoms with Gasteiger partial charge in [-0.25, -0.2) is 0 Å². The lowest BCUT2D eigenvalue weighted by Gasteiger charge is -2.00. The largest absolute Gasteiger partial charge is 0.394 e. The zero-order chi connectivity index (χ0) is 6.41. The van der Waals surface area contributed by atoms with Crippen LogP contribution in [0.15, 0.2) is 0 Å². The summed E-state index contributed by atoms with van der Waals surface area (Å²) in [6, 6.07) is 0. The Labute approximate surface area is 46.7 Å². The van der Waals surface area contributed by atoms with Crippen molar-refractivity contribution >= 4 is 6.29 Å². The van der Waals surface area contributed by atoms with Crippen LogP contribution in [0.4, 0.5) is 0 Å². The molecule has 0 radical (unpaired) electrons. The molecule has 1 unspecified atom stereocenters. The first kappa shape index (κ1) is 7.55. The second-order valence-electron chi connectivity index (χ2n) is 1.12. The topological polar surface area (TPSA) is 66.8 Å². The van der Waals surface area contributed by atoms with Crippen molar-refractivity contribution in [2.24, 2.45) is 0 Å². The van der Waals surface area contributed by atoms with E-state index in [0.29, 0.717) is 0 Å². The van der Waals surface area contributed by atoms with Crippen LogP contribution >= 0.6 is 0 Å². The van der Waals surface area contributed by atoms with Crippen molar-refractivity contribution in [3.63, 3.8) is 0 Å². The standard InChI is InChI=1S/C4H8O4/c5-1-2-8-4(7)3-6/h3-5,7H,1-2H2. The van der Waals surface area contributed by atoms with Crippen molar-refractivity contribution in [1.82, 2.24) is 0 Å². The van der Waals surface area contributed by atoms with E-state index in [9.17, 15) is 4.79 Å². The van der Waals surface area contributed by atoms with Crippen LogP contribution in [0, 0.1) is 0 Å². The maximum Gasteiger partial charge on any atom is 0.212 e. The Morgan fingerprint density at radius 1 is 1.75 bits per heavy atom. The molecule has 0 aromatic rings. The fraction of sp³-hybridized carbons (Fsp3) is 0.750. The summed E-state index contributed by atoms with van der Waals surface area (Å²) in [6.07, 6.45) is -1.14. The van der Waals surface area contributed by atoms with E-state index in [1.54, 1.807) is 0 Å². The van der Waals surface area contributed by atoms with Gasteiger partial charge in [0.15, 0.2) is 6.29 Å². The van der Waals surface area contributed by atoms with Crippen LogP contribution in [0.25, 0.3) is 0 Å². The van der Waals surface area contributed by atoms with Gasteiger partial charge < -0.3 is 14.9 Å². The fourth-order valence-electron chi connectivity index (χ4n) is 0.213. The number of hydrogen-bond acceptors (Lipinski definition) is 4. The molecule has 0 rings (SSSR count). The van der Waals surface area contributed by atoms with Crippen LogP contribution in [0.1, 0.15) is 0 Å². The number of carbonyl (C=O) groups excluding carboxylic acids is 1. The molecule has 0 bridgehead atoms. The van der Waals surface area contributed by atoms with Gasteiger partial charge in [-0.3, -0.25) is 4.79 Å². The molecule has 8 heavy (non-hydrogen) atoms. The summed E-state index contributed by atoms with van der Waals surface area (Å²) in [7, 11) is 0. The molecule has 0 saturated carbocycles. The number of rotatable bonds is 4. The Bertz CT molecular complexity index is 63.1. The lowest BCUT2D eigenvalue weighted by Crippen LogP contribution is -2.15. The molecule has 4 nitrogen and oxygen atoms in total. The third kappa shape index (κ3) is 3.73. The van der Waals surface area contributed by atoms with Gasteiger partial charge in [0.2, 0.25) is 6.29 Å². The van der Waals surface area contributed by atoms with Crippen molar-refractivity contribution < 1.29 is 19.7 Å². The minimum atomic E-state index is -1.39. The van der Waals surface area contributed by atoms with Crippen LogP contribution in [-0.4, -0.2) is 36.0 Å². The molecule has 2 N–H and O–H groups in total. The van der Waals surface area contributed by atoms with Crippen LogP contribution in [0.5, 0.6) is 0 Å². The summed E-state index contributed by atoms with van der Waals surface area (Å²) in [4.78, 5) is 9.55. The van der Waals surface area contributed by atoms with E-state index in [-0.39, 0.29) is 19.5 Å². The van der Waals surface area contributed by atoms with Crippen LogP contribution in [0.3, 0.4) is 0 Å². The second kappa shape index (κ2) is 4.70. The third-order valence-electron chi connectivity index (χ3n) is 0.496. The Morgan fingerprint density at radius 3 is 2.75 bits per heavy atom. The van der Waals surface area contributed by atoms with Gasteiger partial charge >= 0.3 is 0 Å². The first-order valence-corrected chi connectivity index (χ1v) is 2.17. The lowest BCUT2D eigenvalue weighted by molar-refractivity contribution is -0.144. The zero-order valence-corrected chi connectivity index (χ0v) is 4.28. The molecule has 0 saturated heterocycles. The average molecular weight is 120 g/mol. The second-order valence-corrected chi connectivity index (χ2v) is 1.12. The average Bonchev–Trinajstić information content (AvgIpc) is 1.83. The Morgan fingerprint density at radius 2 is 2.38 bits per heavy atom. The number of aliphatic hydroxyl groups excluding tert-OH is 2. The Kier molecular flexibility index (Phi) is 4.44. The minimum Gasteiger partial charge on any atom is -0.394 e. The quantitative estimate of drug-likeness (QED) is 0.350. The molecule has 0 heterocycles. The first-order valence-electron chi connectivity index (χ1n) is 2.17. The van der Waals surface area contributed by atoms with Gasteiger partial charge in [0, 0.05) is 0 Å². The molecule has 0 aromatic carbocycles. The first-order chi connectivity index (χ1) is 3.81. The molecule has 0 aliphatic carbocycles. The summed E-state index contributed by atoms with van der Waals surface area (Å²) in [6.45, 7) is -0.204. The summed E-state index contributed by atoms with van der Waals surface area (Å²) < 4.78 is 4.28. The molecule has 0 aliphatic heterocycles. The summed E-state index contributed by atoms with van der Waals surface area (Å²) in [5.41, 5.74) is 0. The summed E-state index contributed by atoms with van der Waals surface area (Å²) in [5, 5.41) is 16.3. The van der Waals surface area contributed by atoms with Gasteiger partial charge in [-0.1, -0.05) is 0 Å². The van der Waals surface area contributed by atoms with E-state index in [1.165, 1.54) is 0 Å². The molecule has 0 fully saturated rings. The number of aldehydes is 1. The van der Waals surface area contributed by atoms with Gasteiger partial charge in [0.25, 0.3) is 0 Å². The van der Waals surface area contributed by atoms with Crippen molar-refractivity contribution in [2.45, 2.75) is 6.29 Å². The zero-order valence-electron chi connectivity index (χ0n) is 4.28. The van der Waals surface area contributed by atoms with Gasteiger partial charge in [-0.2, -0.15) is 0 Å². The highest BCUT2D eigenvalue weighted by Crippen LogP contribution is 1.77. The monoisotopic (exact) mass is 120 g/mol. The van der Waals surface area contributed by atoms with Crippen molar-refractivity contribution in [1.29, 1.82) is 0 Å². The molecule has 0 amide bonds. The lowest BCUT2D eigenvalue weighted by atomic mass is 10.7. The van der Waals surface area contributed by atoms with E-state index in [4.69, 9.17) is 10.2 Å². The molecule has 1 atom stereocenters. The summed E-state index contributed by atoms with van der Waals surface area (Å²) >= 11 is 0. The minimum absolute atomic E-state index is 0.0140. The summed E-state index contributed by atoms with van der Waals surface area (Å²) in [5.74, 6) is 0. The fourth-order valence-corrected chi connectivity index (χ4v) is 0.213. The van der Waals surface area contributed by atoms with E-state index >= 15 is 0 Å². The normalized spacial score (nSPS) is 13.2. The molecule has 4 heteroatoms. The van der Waals surface area contributed by atoms with Crippen LogP contribution in [-0.2, 0) is 9.53 Å². The Balaban J connectivity index is 2.98. The molecule has 0 aromatic heterocycles. The number of aliphatic hydroxyl groups is 2. The van der Waals surface area contributed by atoms with Gasteiger partial charge in [0.05, 0.1) is 13.2 Å². The van der Waals surface area contributed by atoms with Crippen LogP contribution < -0.4 is 0 Å². The smallest absolute Gasteiger partial charge is 0.212 e. The highest BCUT2D eigenvalue weighted by atomic mass is 16.6. The van der Waals surface area contributed by atoms with E-state index < -0.39 is 6.29 Å². The van der Waals surface area contributed by atoms with Crippen molar-refractivity contribution in [2.75, 3.05) is 13.2 Å². The third-order valence-corrected chi connectivity index (χ3v) is 0.496. The van der Waals surface area contributed by atoms with E-state index in [2.05, 4.69) is 4.74 Å². The highest BCUT2D eigenvalue weighted by Gasteiger charge is 1.96. The predicted octanol–water partition coefficient (Wildman–Crippen LogP) is -1.49. The SMILES string of the molecule is O=CC(O)OCCO. The molecular weight excluding hydrogens is 112 g/mol. The van der Waals surface area contributed by atoms with E-state index in [0.717, 1.165) is 0 Å². The molecule has 0 spiro atoms.